The minimum Gasteiger partial charge on any atom is -0.335 e. The smallest absolute Gasteiger partial charge is 0.321 e. The molecule has 0 spiro atoms. The Kier molecular flexibility index (Phi) is 4.08. The third kappa shape index (κ3) is 3.07. The van der Waals surface area contributed by atoms with Crippen LogP contribution in [-0.2, 0) is 12.8 Å². The minimum absolute atomic E-state index is 0.0552. The van der Waals surface area contributed by atoms with Gasteiger partial charge in [-0.05, 0) is 63.9 Å². The summed E-state index contributed by atoms with van der Waals surface area (Å²) in [6.45, 7) is 1.81. The number of fused-ring (bicyclic) bond motifs is 1. The number of aromatic nitrogens is 4. The Hall–Kier alpha value is -2.18. The molecule has 0 bridgehead atoms. The van der Waals surface area contributed by atoms with E-state index in [9.17, 15) is 4.79 Å². The topological polar surface area (TPSA) is 85.8 Å². The summed E-state index contributed by atoms with van der Waals surface area (Å²) >= 11 is 0. The van der Waals surface area contributed by atoms with E-state index in [1.807, 2.05) is 6.07 Å². The summed E-state index contributed by atoms with van der Waals surface area (Å²) in [5.41, 5.74) is 2.34. The molecule has 2 heterocycles. The molecule has 2 aliphatic rings. The van der Waals surface area contributed by atoms with Crippen molar-refractivity contribution in [3.63, 3.8) is 0 Å². The largest absolute Gasteiger partial charge is 0.335 e. The first-order valence-corrected chi connectivity index (χ1v) is 8.87. The normalized spacial score (nSPS) is 23.7. The maximum absolute atomic E-state index is 12.4. The van der Waals surface area contributed by atoms with Crippen molar-refractivity contribution in [1.29, 1.82) is 0 Å². The van der Waals surface area contributed by atoms with Crippen molar-refractivity contribution in [3.05, 3.63) is 33.5 Å². The molecule has 4 rings (SSSR count). The maximum atomic E-state index is 12.4. The van der Waals surface area contributed by atoms with Crippen molar-refractivity contribution in [2.75, 3.05) is 5.32 Å². The molecule has 0 atom stereocenters. The molecular weight excluding hydrogens is 306 g/mol. The highest BCUT2D eigenvalue weighted by molar-refractivity contribution is 5.22. The van der Waals surface area contributed by atoms with Gasteiger partial charge in [-0.1, -0.05) is 5.16 Å². The van der Waals surface area contributed by atoms with Gasteiger partial charge >= 0.3 is 6.01 Å². The molecule has 0 radical (unpaired) electrons. The molecule has 7 nitrogen and oxygen atoms in total. The Labute approximate surface area is 140 Å². The van der Waals surface area contributed by atoms with Gasteiger partial charge in [0, 0.05) is 12.1 Å². The van der Waals surface area contributed by atoms with Crippen LogP contribution in [0.5, 0.6) is 0 Å². The van der Waals surface area contributed by atoms with Crippen LogP contribution in [0.1, 0.15) is 61.6 Å². The lowest BCUT2D eigenvalue weighted by molar-refractivity contribution is 0.296. The Morgan fingerprint density at radius 3 is 2.75 bits per heavy atom. The van der Waals surface area contributed by atoms with Crippen LogP contribution in [0.2, 0.25) is 0 Å². The fraction of sp³-hybridized carbons (Fsp3) is 0.647. The van der Waals surface area contributed by atoms with Gasteiger partial charge in [-0.25, -0.2) is 4.68 Å². The average Bonchev–Trinajstić information content (AvgIpc) is 3.00. The Morgan fingerprint density at radius 1 is 1.21 bits per heavy atom. The number of anilines is 1. The highest BCUT2D eigenvalue weighted by Gasteiger charge is 2.25. The average molecular weight is 329 g/mol. The van der Waals surface area contributed by atoms with Crippen LogP contribution in [0.4, 0.5) is 6.01 Å². The van der Waals surface area contributed by atoms with Crippen molar-refractivity contribution < 1.29 is 4.52 Å². The number of hydrogen-bond acceptors (Lipinski definition) is 6. The SMILES string of the molecule is Cc1noc(NC2CCC(n3nc4c(cc3=O)CCCC4)CC2)n1. The second kappa shape index (κ2) is 6.37. The van der Waals surface area contributed by atoms with Gasteiger partial charge in [-0.2, -0.15) is 10.1 Å². The van der Waals surface area contributed by atoms with E-state index in [-0.39, 0.29) is 11.6 Å². The molecule has 1 fully saturated rings. The van der Waals surface area contributed by atoms with Crippen molar-refractivity contribution in [3.8, 4) is 0 Å². The third-order valence-corrected chi connectivity index (χ3v) is 5.13. The summed E-state index contributed by atoms with van der Waals surface area (Å²) in [5.74, 6) is 0.635. The third-order valence-electron chi connectivity index (χ3n) is 5.13. The summed E-state index contributed by atoms with van der Waals surface area (Å²) in [4.78, 5) is 16.6. The first-order chi connectivity index (χ1) is 11.7. The van der Waals surface area contributed by atoms with Crippen molar-refractivity contribution in [1.82, 2.24) is 19.9 Å². The molecule has 0 saturated heterocycles. The monoisotopic (exact) mass is 329 g/mol. The van der Waals surface area contributed by atoms with Crippen LogP contribution in [0.15, 0.2) is 15.4 Å². The molecule has 0 unspecified atom stereocenters. The summed E-state index contributed by atoms with van der Waals surface area (Å²) in [7, 11) is 0. The Balaban J connectivity index is 1.43. The molecule has 24 heavy (non-hydrogen) atoms. The van der Waals surface area contributed by atoms with E-state index < -0.39 is 0 Å². The van der Waals surface area contributed by atoms with Crippen LogP contribution in [0.25, 0.3) is 0 Å². The lowest BCUT2D eigenvalue weighted by atomic mass is 9.91. The molecule has 7 heteroatoms. The van der Waals surface area contributed by atoms with Gasteiger partial charge in [0.2, 0.25) is 0 Å². The summed E-state index contributed by atoms with van der Waals surface area (Å²) < 4.78 is 6.85. The fourth-order valence-electron chi connectivity index (χ4n) is 3.83. The van der Waals surface area contributed by atoms with E-state index in [0.717, 1.165) is 49.8 Å². The zero-order valence-corrected chi connectivity index (χ0v) is 14.0. The molecule has 128 valence electrons. The lowest BCUT2D eigenvalue weighted by Gasteiger charge is -2.29. The van der Waals surface area contributed by atoms with Gasteiger partial charge in [0.05, 0.1) is 11.7 Å². The fourth-order valence-corrected chi connectivity index (χ4v) is 3.83. The van der Waals surface area contributed by atoms with E-state index in [4.69, 9.17) is 9.62 Å². The molecule has 0 amide bonds. The van der Waals surface area contributed by atoms with Gasteiger partial charge in [0.25, 0.3) is 5.56 Å². The molecule has 2 aromatic rings. The zero-order chi connectivity index (χ0) is 16.5. The van der Waals surface area contributed by atoms with Crippen LogP contribution in [0.3, 0.4) is 0 Å². The quantitative estimate of drug-likeness (QED) is 0.930. The predicted molar refractivity (Wildman–Crippen MR) is 89.1 cm³/mol. The number of aryl methyl sites for hydroxylation is 3. The molecule has 0 aliphatic heterocycles. The second-order valence-electron chi connectivity index (χ2n) is 6.90. The van der Waals surface area contributed by atoms with E-state index in [2.05, 4.69) is 15.5 Å². The lowest BCUT2D eigenvalue weighted by Crippen LogP contribution is -2.34. The van der Waals surface area contributed by atoms with E-state index in [1.54, 1.807) is 11.6 Å². The number of hydrogen-bond donors (Lipinski definition) is 1. The van der Waals surface area contributed by atoms with Crippen molar-refractivity contribution >= 4 is 6.01 Å². The first-order valence-electron chi connectivity index (χ1n) is 8.87. The van der Waals surface area contributed by atoms with Crippen LogP contribution >= 0.6 is 0 Å². The molecule has 1 saturated carbocycles. The van der Waals surface area contributed by atoms with E-state index in [0.29, 0.717) is 17.9 Å². The standard InChI is InChI=1S/C17H23N5O2/c1-11-18-17(24-21-11)19-13-6-8-14(9-7-13)22-16(23)10-12-4-2-3-5-15(12)20-22/h10,13-14H,2-9H2,1H3,(H,18,19,21). The van der Waals surface area contributed by atoms with Gasteiger partial charge < -0.3 is 9.84 Å². The van der Waals surface area contributed by atoms with Gasteiger partial charge in [0.15, 0.2) is 5.82 Å². The molecule has 2 aromatic heterocycles. The van der Waals surface area contributed by atoms with Crippen molar-refractivity contribution in [2.24, 2.45) is 0 Å². The van der Waals surface area contributed by atoms with Gasteiger partial charge in [-0.3, -0.25) is 4.79 Å². The van der Waals surface area contributed by atoms with Crippen LogP contribution in [0, 0.1) is 6.92 Å². The predicted octanol–water partition coefficient (Wildman–Crippen LogP) is 2.41. The van der Waals surface area contributed by atoms with Crippen molar-refractivity contribution in [2.45, 2.75) is 70.4 Å². The summed E-state index contributed by atoms with van der Waals surface area (Å²) in [6.07, 6.45) is 8.17. The minimum atomic E-state index is 0.0552. The zero-order valence-electron chi connectivity index (χ0n) is 14.0. The maximum Gasteiger partial charge on any atom is 0.321 e. The van der Waals surface area contributed by atoms with E-state index in [1.165, 1.54) is 12.8 Å². The molecule has 0 aromatic carbocycles. The van der Waals surface area contributed by atoms with Gasteiger partial charge in [0.1, 0.15) is 0 Å². The van der Waals surface area contributed by atoms with Crippen LogP contribution in [-0.4, -0.2) is 26.0 Å². The highest BCUT2D eigenvalue weighted by Crippen LogP contribution is 2.29. The van der Waals surface area contributed by atoms with Crippen LogP contribution < -0.4 is 10.9 Å². The highest BCUT2D eigenvalue weighted by atomic mass is 16.5. The summed E-state index contributed by atoms with van der Waals surface area (Å²) in [5, 5.41) is 11.8. The summed E-state index contributed by atoms with van der Waals surface area (Å²) in [6, 6.07) is 2.81. The second-order valence-corrected chi connectivity index (χ2v) is 6.90. The number of nitrogens with one attached hydrogen (secondary N) is 1. The Bertz CT molecular complexity index is 774. The van der Waals surface area contributed by atoms with E-state index >= 15 is 0 Å². The van der Waals surface area contributed by atoms with Gasteiger partial charge in [-0.15, -0.1) is 0 Å². The Morgan fingerprint density at radius 2 is 2.00 bits per heavy atom. The first kappa shape index (κ1) is 15.4. The number of rotatable bonds is 3. The molecular formula is C17H23N5O2. The molecule has 1 N–H and O–H groups in total. The number of nitrogens with zero attached hydrogens (tertiary/aromatic N) is 4. The molecule has 2 aliphatic carbocycles.